The first-order valence-electron chi connectivity index (χ1n) is 16.9. The fourth-order valence-corrected chi connectivity index (χ4v) is 8.55. The number of hydrogen-bond donors (Lipinski definition) is 1. The van der Waals surface area contributed by atoms with Crippen LogP contribution in [-0.4, -0.2) is 58.7 Å². The predicted octanol–water partition coefficient (Wildman–Crippen LogP) is 7.90. The van der Waals surface area contributed by atoms with Gasteiger partial charge in [-0.25, -0.2) is 9.97 Å². The molecule has 0 radical (unpaired) electrons. The Hall–Kier alpha value is -3.46. The molecule has 0 unspecified atom stereocenters. The van der Waals surface area contributed by atoms with E-state index in [9.17, 15) is 14.7 Å². The molecule has 1 amide bonds. The number of methoxy groups -OCH3 is 1. The predicted molar refractivity (Wildman–Crippen MR) is 182 cm³/mol. The molecule has 0 spiro atoms. The molecule has 3 aliphatic rings. The summed E-state index contributed by atoms with van der Waals surface area (Å²) in [5.74, 6) is 1.26. The van der Waals surface area contributed by atoms with Gasteiger partial charge in [0.2, 0.25) is 5.91 Å². The van der Waals surface area contributed by atoms with Crippen molar-refractivity contribution in [2.45, 2.75) is 90.6 Å². The normalized spacial score (nSPS) is 27.6. The summed E-state index contributed by atoms with van der Waals surface area (Å²) in [5, 5.41) is 14.1. The molecule has 246 valence electrons. The Morgan fingerprint density at radius 1 is 1.20 bits per heavy atom. The first kappa shape index (κ1) is 32.5. The number of rotatable bonds is 7. The van der Waals surface area contributed by atoms with Gasteiger partial charge in [0, 0.05) is 41.9 Å². The van der Waals surface area contributed by atoms with Crippen LogP contribution in [0.15, 0.2) is 35.7 Å². The highest BCUT2D eigenvalue weighted by Gasteiger charge is 2.59. The zero-order valence-electron chi connectivity index (χ0n) is 27.8. The third-order valence-electron chi connectivity index (χ3n) is 10.6. The van der Waals surface area contributed by atoms with Gasteiger partial charge < -0.3 is 19.5 Å². The third kappa shape index (κ3) is 6.27. The number of aryl methyl sites for hydroxylation is 1. The van der Waals surface area contributed by atoms with Crippen molar-refractivity contribution < 1.29 is 24.2 Å². The Bertz CT molecular complexity index is 1630. The third-order valence-corrected chi connectivity index (χ3v) is 11.4. The number of ether oxygens (including phenoxy) is 2. The Balaban J connectivity index is 1.33. The number of benzene rings is 1. The first-order valence-corrected chi connectivity index (χ1v) is 17.8. The van der Waals surface area contributed by atoms with Crippen LogP contribution in [0.3, 0.4) is 0 Å². The quantitative estimate of drug-likeness (QED) is 0.261. The summed E-state index contributed by atoms with van der Waals surface area (Å²) in [5.41, 5.74) is 2.98. The second kappa shape index (κ2) is 13.3. The lowest BCUT2D eigenvalue weighted by atomic mass is 9.85. The van der Waals surface area contributed by atoms with E-state index in [1.165, 1.54) is 0 Å². The molecule has 0 saturated heterocycles. The van der Waals surface area contributed by atoms with E-state index in [4.69, 9.17) is 19.4 Å². The fourth-order valence-electron chi connectivity index (χ4n) is 7.61. The molecule has 6 rings (SSSR count). The summed E-state index contributed by atoms with van der Waals surface area (Å²) in [6, 6.07) is 6.00. The topological polar surface area (TPSA) is 102 Å². The molecule has 2 fully saturated rings. The molecule has 46 heavy (non-hydrogen) atoms. The summed E-state index contributed by atoms with van der Waals surface area (Å²) in [7, 11) is 3.59. The van der Waals surface area contributed by atoms with E-state index in [2.05, 4.69) is 38.3 Å². The van der Waals surface area contributed by atoms with Crippen molar-refractivity contribution in [2.75, 3.05) is 20.7 Å². The molecule has 3 heterocycles. The van der Waals surface area contributed by atoms with Gasteiger partial charge in [-0.2, -0.15) is 0 Å². The molecule has 1 aliphatic heterocycles. The van der Waals surface area contributed by atoms with Crippen LogP contribution < -0.4 is 9.47 Å². The number of thiazole rings is 1. The molecular weight excluding hydrogens is 598 g/mol. The number of carbonyl (C=O) groups is 2. The Morgan fingerprint density at radius 2 is 2.02 bits per heavy atom. The van der Waals surface area contributed by atoms with Gasteiger partial charge in [0.1, 0.15) is 22.2 Å². The smallest absolute Gasteiger partial charge is 0.310 e. The van der Waals surface area contributed by atoms with Crippen molar-refractivity contribution in [1.29, 1.82) is 0 Å². The van der Waals surface area contributed by atoms with Gasteiger partial charge in [0.05, 0.1) is 29.8 Å². The van der Waals surface area contributed by atoms with E-state index in [0.29, 0.717) is 38.0 Å². The van der Waals surface area contributed by atoms with Crippen molar-refractivity contribution >= 4 is 34.1 Å². The molecule has 8 nitrogen and oxygen atoms in total. The van der Waals surface area contributed by atoms with Gasteiger partial charge in [-0.3, -0.25) is 9.59 Å². The number of carbonyl (C=O) groups excluding carboxylic acids is 1. The maximum absolute atomic E-state index is 13.9. The van der Waals surface area contributed by atoms with Gasteiger partial charge in [-0.1, -0.05) is 32.9 Å². The van der Waals surface area contributed by atoms with Gasteiger partial charge in [-0.15, -0.1) is 11.3 Å². The van der Waals surface area contributed by atoms with E-state index in [-0.39, 0.29) is 29.8 Å². The zero-order chi connectivity index (χ0) is 32.6. The van der Waals surface area contributed by atoms with Crippen molar-refractivity contribution in [1.82, 2.24) is 14.9 Å². The average molecular weight is 646 g/mol. The van der Waals surface area contributed by atoms with Crippen molar-refractivity contribution in [3.05, 3.63) is 47.0 Å². The second-order valence-corrected chi connectivity index (χ2v) is 14.7. The zero-order valence-corrected chi connectivity index (χ0v) is 28.6. The molecule has 2 aliphatic carbocycles. The van der Waals surface area contributed by atoms with Crippen LogP contribution in [0.4, 0.5) is 0 Å². The molecular formula is C37H47N3O5S. The van der Waals surface area contributed by atoms with E-state index >= 15 is 0 Å². The molecule has 1 aromatic carbocycles. The monoisotopic (exact) mass is 645 g/mol. The van der Waals surface area contributed by atoms with E-state index in [1.807, 2.05) is 30.1 Å². The number of carboxylic acid groups (broad SMARTS) is 1. The summed E-state index contributed by atoms with van der Waals surface area (Å²) in [6.07, 6.45) is 11.0. The minimum absolute atomic E-state index is 0.0655. The van der Waals surface area contributed by atoms with E-state index < -0.39 is 11.4 Å². The number of aromatic nitrogens is 2. The van der Waals surface area contributed by atoms with Gasteiger partial charge in [-0.05, 0) is 87.7 Å². The number of carboxylic acids is 1. The number of amides is 1. The van der Waals surface area contributed by atoms with Gasteiger partial charge in [0.25, 0.3) is 0 Å². The first-order chi connectivity index (χ1) is 22.1. The molecule has 3 aromatic rings. The number of pyridine rings is 1. The maximum atomic E-state index is 13.9. The summed E-state index contributed by atoms with van der Waals surface area (Å²) < 4.78 is 12.6. The highest BCUT2D eigenvalue weighted by molar-refractivity contribution is 7.13. The highest BCUT2D eigenvalue weighted by atomic mass is 32.1. The lowest BCUT2D eigenvalue weighted by molar-refractivity contribution is -0.144. The summed E-state index contributed by atoms with van der Waals surface area (Å²) in [6.45, 7) is 7.11. The van der Waals surface area contributed by atoms with Crippen molar-refractivity contribution in [3.63, 3.8) is 0 Å². The van der Waals surface area contributed by atoms with Crippen LogP contribution in [0.5, 0.6) is 11.5 Å². The van der Waals surface area contributed by atoms with Crippen LogP contribution in [-0.2, 0) is 16.0 Å². The fraction of sp³-hybridized carbons (Fsp3) is 0.568. The minimum Gasteiger partial charge on any atom is -0.496 e. The lowest BCUT2D eigenvalue weighted by Gasteiger charge is -2.26. The van der Waals surface area contributed by atoms with Crippen LogP contribution in [0.2, 0.25) is 0 Å². The van der Waals surface area contributed by atoms with Crippen LogP contribution >= 0.6 is 11.3 Å². The minimum atomic E-state index is -0.708. The Morgan fingerprint density at radius 3 is 2.74 bits per heavy atom. The molecule has 9 heteroatoms. The van der Waals surface area contributed by atoms with Crippen molar-refractivity contribution in [2.24, 2.45) is 23.2 Å². The Kier molecular flexibility index (Phi) is 9.42. The molecule has 5 atom stereocenters. The number of hydrogen-bond acceptors (Lipinski definition) is 7. The van der Waals surface area contributed by atoms with Crippen LogP contribution in [0, 0.1) is 23.2 Å². The lowest BCUT2D eigenvalue weighted by Crippen LogP contribution is -2.36. The largest absolute Gasteiger partial charge is 0.496 e. The molecule has 2 saturated carbocycles. The van der Waals surface area contributed by atoms with Gasteiger partial charge in [0.15, 0.2) is 0 Å². The maximum Gasteiger partial charge on any atom is 0.310 e. The van der Waals surface area contributed by atoms with Crippen LogP contribution in [0.25, 0.3) is 21.6 Å². The average Bonchev–Trinajstić information content (AvgIpc) is 3.34. The standard InChI is InChI=1S/C37H47N3O5S/c1-6-26-31(44-5)13-12-27-32(19-29(38-33(26)27)34-39-30(21-46-34)22(2)3)45-25-17-23-14-15-37(36(42)43)20-24(37)11-9-7-8-10-16-40(4)35(41)28(23)18-25/h9,11-13,19,21-25,28H,6-8,10,14-18,20H2,1-5H3,(H,42,43)/b11-9-/t23-,24-,25-,28-,37+/m1/s1. The number of fused-ring (bicyclic) bond motifs is 3. The summed E-state index contributed by atoms with van der Waals surface area (Å²) >= 11 is 1.59. The number of nitrogens with zero attached hydrogens (tertiary/aromatic N) is 3. The van der Waals surface area contributed by atoms with E-state index in [1.54, 1.807) is 18.4 Å². The summed E-state index contributed by atoms with van der Waals surface area (Å²) in [4.78, 5) is 38.2. The highest BCUT2D eigenvalue weighted by Crippen LogP contribution is 2.58. The molecule has 1 N–H and O–H groups in total. The van der Waals surface area contributed by atoms with Crippen LogP contribution in [0.1, 0.15) is 89.3 Å². The Labute approximate surface area is 276 Å². The molecule has 2 aromatic heterocycles. The SMILES string of the molecule is CCc1c(OC)ccc2c(O[C@@H]3C[C@H]4CC[C@]5(C(=O)O)C[C@H]5/C=C\CCCCN(C)C(=O)[C@@H]4C3)cc(-c3nc(C(C)C)cs3)nc12. The second-order valence-electron chi connectivity index (χ2n) is 13.8. The number of allylic oxidation sites excluding steroid dienone is 2. The van der Waals surface area contributed by atoms with E-state index in [0.717, 1.165) is 76.6 Å². The van der Waals surface area contributed by atoms with Crippen molar-refractivity contribution in [3.8, 4) is 22.2 Å². The van der Waals surface area contributed by atoms with Gasteiger partial charge >= 0.3 is 5.97 Å². The molecule has 0 bridgehead atoms. The number of aliphatic carboxylic acids is 1.